The third-order valence-electron chi connectivity index (χ3n) is 3.50. The van der Waals surface area contributed by atoms with Gasteiger partial charge in [-0.1, -0.05) is 0 Å². The highest BCUT2D eigenvalue weighted by atomic mass is 32.1. The van der Waals surface area contributed by atoms with Crippen molar-refractivity contribution in [2.24, 2.45) is 5.73 Å². The van der Waals surface area contributed by atoms with Gasteiger partial charge in [-0.05, 0) is 19.1 Å². The van der Waals surface area contributed by atoms with Gasteiger partial charge in [0.1, 0.15) is 18.0 Å². The molecule has 0 bridgehead atoms. The molecule has 0 aromatic carbocycles. The van der Waals surface area contributed by atoms with E-state index in [1.54, 1.807) is 24.6 Å². The number of anilines is 1. The van der Waals surface area contributed by atoms with Gasteiger partial charge in [0.2, 0.25) is 5.91 Å². The van der Waals surface area contributed by atoms with Crippen molar-refractivity contribution in [1.29, 1.82) is 0 Å². The molecule has 3 aromatic rings. The topological polar surface area (TPSA) is 143 Å². The van der Waals surface area contributed by atoms with Crippen molar-refractivity contribution in [3.05, 3.63) is 47.5 Å². The number of thiazole rings is 1. The summed E-state index contributed by atoms with van der Waals surface area (Å²) in [6.45, 7) is 1.56. The minimum atomic E-state index is -0.765. The number of nitrogens with two attached hydrogens (primary N) is 1. The highest BCUT2D eigenvalue weighted by molar-refractivity contribution is 7.14. The van der Waals surface area contributed by atoms with Gasteiger partial charge in [0.25, 0.3) is 11.8 Å². The van der Waals surface area contributed by atoms with Crippen LogP contribution in [-0.2, 0) is 4.79 Å². The Morgan fingerprint density at radius 2 is 2.19 bits per heavy atom. The van der Waals surface area contributed by atoms with E-state index in [9.17, 15) is 14.4 Å². The van der Waals surface area contributed by atoms with Gasteiger partial charge in [-0.15, -0.1) is 11.3 Å². The molecule has 0 saturated carbocycles. The predicted molar refractivity (Wildman–Crippen MR) is 94.7 cm³/mol. The molecule has 1 atom stereocenters. The Morgan fingerprint density at radius 1 is 1.38 bits per heavy atom. The molecule has 0 aliphatic carbocycles. The summed E-state index contributed by atoms with van der Waals surface area (Å²) in [5.41, 5.74) is 7.07. The minimum Gasteiger partial charge on any atom is -0.472 e. The lowest BCUT2D eigenvalue weighted by molar-refractivity contribution is -0.117. The second-order valence-corrected chi connectivity index (χ2v) is 6.26. The van der Waals surface area contributed by atoms with E-state index in [-0.39, 0.29) is 5.69 Å². The van der Waals surface area contributed by atoms with Gasteiger partial charge in [-0.3, -0.25) is 14.4 Å². The van der Waals surface area contributed by atoms with E-state index in [1.165, 1.54) is 29.9 Å². The zero-order chi connectivity index (χ0) is 18.7. The summed E-state index contributed by atoms with van der Waals surface area (Å²) < 4.78 is 4.83. The molecule has 1 unspecified atom stereocenters. The third-order valence-corrected chi connectivity index (χ3v) is 4.26. The van der Waals surface area contributed by atoms with Gasteiger partial charge in [0, 0.05) is 17.1 Å². The van der Waals surface area contributed by atoms with Gasteiger partial charge in [0.05, 0.1) is 17.5 Å². The Bertz CT molecular complexity index is 944. The SMILES string of the molecule is CC(NC(=O)c1ccoc1)C(=O)Nc1nc(-c2c[nH]c(C(N)=O)c2)cs1. The quantitative estimate of drug-likeness (QED) is 0.519. The normalized spacial score (nSPS) is 11.7. The molecule has 0 spiro atoms. The Hall–Kier alpha value is -3.40. The monoisotopic (exact) mass is 373 g/mol. The summed E-state index contributed by atoms with van der Waals surface area (Å²) in [4.78, 5) is 42.3. The van der Waals surface area contributed by atoms with E-state index in [1.807, 2.05) is 0 Å². The molecule has 0 saturated heterocycles. The summed E-state index contributed by atoms with van der Waals surface area (Å²) in [6.07, 6.45) is 4.28. The highest BCUT2D eigenvalue weighted by Gasteiger charge is 2.19. The van der Waals surface area contributed by atoms with Crippen LogP contribution < -0.4 is 16.4 Å². The molecule has 3 amide bonds. The number of primary amides is 1. The first-order valence-corrected chi connectivity index (χ1v) is 8.40. The summed E-state index contributed by atoms with van der Waals surface area (Å²) in [7, 11) is 0. The number of hydrogen-bond acceptors (Lipinski definition) is 6. The number of H-pyrrole nitrogens is 1. The number of carbonyl (C=O) groups excluding carboxylic acids is 3. The van der Waals surface area contributed by atoms with Crippen LogP contribution in [0.25, 0.3) is 11.3 Å². The van der Waals surface area contributed by atoms with Crippen molar-refractivity contribution in [2.45, 2.75) is 13.0 Å². The van der Waals surface area contributed by atoms with E-state index in [0.29, 0.717) is 22.0 Å². The van der Waals surface area contributed by atoms with Crippen LogP contribution in [0.15, 0.2) is 40.7 Å². The second kappa shape index (κ2) is 7.23. The number of aromatic nitrogens is 2. The Morgan fingerprint density at radius 3 is 2.85 bits per heavy atom. The van der Waals surface area contributed by atoms with Crippen molar-refractivity contribution in [3.8, 4) is 11.3 Å². The average molecular weight is 373 g/mol. The van der Waals surface area contributed by atoms with E-state index in [0.717, 1.165) is 0 Å². The summed E-state index contributed by atoms with van der Waals surface area (Å²) in [5.74, 6) is -1.38. The molecule has 0 fully saturated rings. The zero-order valence-electron chi connectivity index (χ0n) is 13.6. The fourth-order valence-electron chi connectivity index (χ4n) is 2.10. The van der Waals surface area contributed by atoms with E-state index >= 15 is 0 Å². The molecule has 0 aliphatic rings. The van der Waals surface area contributed by atoms with Crippen molar-refractivity contribution < 1.29 is 18.8 Å². The maximum Gasteiger partial charge on any atom is 0.265 e. The molecule has 5 N–H and O–H groups in total. The van der Waals surface area contributed by atoms with Gasteiger partial charge >= 0.3 is 0 Å². The lowest BCUT2D eigenvalue weighted by Crippen LogP contribution is -2.41. The molecule has 134 valence electrons. The Kier molecular flexibility index (Phi) is 4.85. The van der Waals surface area contributed by atoms with Crippen molar-refractivity contribution in [1.82, 2.24) is 15.3 Å². The number of aromatic amines is 1. The van der Waals surface area contributed by atoms with Gasteiger partial charge in [-0.2, -0.15) is 0 Å². The summed E-state index contributed by atoms with van der Waals surface area (Å²) in [5, 5.41) is 7.31. The molecular formula is C16H15N5O4S. The van der Waals surface area contributed by atoms with E-state index in [4.69, 9.17) is 10.2 Å². The number of nitrogens with one attached hydrogen (secondary N) is 3. The van der Waals surface area contributed by atoms with Gasteiger partial charge < -0.3 is 25.8 Å². The number of furan rings is 1. The van der Waals surface area contributed by atoms with Crippen LogP contribution in [0, 0.1) is 0 Å². The number of carbonyl (C=O) groups is 3. The maximum absolute atomic E-state index is 12.2. The van der Waals surface area contributed by atoms with Crippen molar-refractivity contribution in [3.63, 3.8) is 0 Å². The molecule has 3 heterocycles. The number of hydrogen-bond donors (Lipinski definition) is 4. The molecule has 10 heteroatoms. The van der Waals surface area contributed by atoms with E-state index < -0.39 is 23.8 Å². The predicted octanol–water partition coefficient (Wildman–Crippen LogP) is 1.59. The first-order chi connectivity index (χ1) is 12.4. The lowest BCUT2D eigenvalue weighted by Gasteiger charge is -2.12. The highest BCUT2D eigenvalue weighted by Crippen LogP contribution is 2.25. The molecule has 3 aromatic heterocycles. The fourth-order valence-corrected chi connectivity index (χ4v) is 2.82. The molecule has 26 heavy (non-hydrogen) atoms. The largest absolute Gasteiger partial charge is 0.472 e. The van der Waals surface area contributed by atoms with Crippen LogP contribution in [0.1, 0.15) is 27.8 Å². The zero-order valence-corrected chi connectivity index (χ0v) is 14.4. The number of amides is 3. The van der Waals surface area contributed by atoms with Crippen LogP contribution >= 0.6 is 11.3 Å². The lowest BCUT2D eigenvalue weighted by atomic mass is 10.2. The molecular weight excluding hydrogens is 358 g/mol. The van der Waals surface area contributed by atoms with Crippen LogP contribution in [0.3, 0.4) is 0 Å². The molecule has 9 nitrogen and oxygen atoms in total. The average Bonchev–Trinajstić information content (AvgIpc) is 3.34. The van der Waals surface area contributed by atoms with Crippen LogP contribution in [-0.4, -0.2) is 33.7 Å². The first kappa shape index (κ1) is 17.4. The molecule has 0 radical (unpaired) electrons. The molecule has 3 rings (SSSR count). The first-order valence-electron chi connectivity index (χ1n) is 7.52. The fraction of sp³-hybridized carbons (Fsp3) is 0.125. The van der Waals surface area contributed by atoms with Gasteiger partial charge in [-0.25, -0.2) is 4.98 Å². The summed E-state index contributed by atoms with van der Waals surface area (Å²) in [6, 6.07) is 2.32. The Balaban J connectivity index is 1.61. The number of nitrogens with zero attached hydrogens (tertiary/aromatic N) is 1. The standard InChI is InChI=1S/C16H15N5O4S/c1-8(19-15(24)9-2-3-25-6-9)14(23)21-16-20-12(7-26-16)10-4-11(13(17)22)18-5-10/h2-8,18H,1H3,(H2,17,22)(H,19,24)(H,20,21,23). The van der Waals surface area contributed by atoms with Gasteiger partial charge in [0.15, 0.2) is 5.13 Å². The van der Waals surface area contributed by atoms with Crippen LogP contribution in [0.5, 0.6) is 0 Å². The van der Waals surface area contributed by atoms with E-state index in [2.05, 4.69) is 20.6 Å². The third kappa shape index (κ3) is 3.81. The second-order valence-electron chi connectivity index (χ2n) is 5.40. The smallest absolute Gasteiger partial charge is 0.265 e. The van der Waals surface area contributed by atoms with Crippen LogP contribution in [0.2, 0.25) is 0 Å². The minimum absolute atomic E-state index is 0.272. The Labute approximate surface area is 151 Å². The van der Waals surface area contributed by atoms with Crippen LogP contribution in [0.4, 0.5) is 5.13 Å². The number of rotatable bonds is 6. The maximum atomic E-state index is 12.2. The van der Waals surface area contributed by atoms with Crippen molar-refractivity contribution in [2.75, 3.05) is 5.32 Å². The molecule has 0 aliphatic heterocycles. The van der Waals surface area contributed by atoms with Crippen molar-refractivity contribution >= 4 is 34.2 Å². The summed E-state index contributed by atoms with van der Waals surface area (Å²) >= 11 is 1.22.